The highest BCUT2D eigenvalue weighted by Crippen LogP contribution is 2.44. The maximum absolute atomic E-state index is 13.2. The van der Waals surface area contributed by atoms with E-state index in [1.165, 1.54) is 11.8 Å². The number of hydrogen-bond acceptors (Lipinski definition) is 4. The van der Waals surface area contributed by atoms with Gasteiger partial charge in [0.15, 0.2) is 0 Å². The summed E-state index contributed by atoms with van der Waals surface area (Å²) in [6, 6.07) is 7.68. The fourth-order valence-electron chi connectivity index (χ4n) is 3.70. The van der Waals surface area contributed by atoms with Crippen LogP contribution in [0.5, 0.6) is 0 Å². The van der Waals surface area contributed by atoms with Crippen LogP contribution in [0.15, 0.2) is 29.2 Å². The zero-order valence-electron chi connectivity index (χ0n) is 16.2. The molecule has 1 aromatic carbocycles. The molecule has 0 N–H and O–H groups in total. The predicted octanol–water partition coefficient (Wildman–Crippen LogP) is 4.84. The fourth-order valence-corrected chi connectivity index (χ4v) is 5.04. The third-order valence-corrected chi connectivity index (χ3v) is 6.75. The molecule has 1 saturated heterocycles. The van der Waals surface area contributed by atoms with Crippen LogP contribution in [-0.2, 0) is 9.59 Å². The highest BCUT2D eigenvalue weighted by molar-refractivity contribution is 8.26. The Bertz CT molecular complexity index is 803. The van der Waals surface area contributed by atoms with Gasteiger partial charge in [0.2, 0.25) is 0 Å². The Kier molecular flexibility index (Phi) is 6.37. The van der Waals surface area contributed by atoms with Gasteiger partial charge in [-0.1, -0.05) is 75.3 Å². The molecule has 2 aliphatic heterocycles. The van der Waals surface area contributed by atoms with E-state index < -0.39 is 0 Å². The van der Waals surface area contributed by atoms with E-state index >= 15 is 0 Å². The Hall–Kier alpha value is -1.66. The number of nitrogens with zero attached hydrogens (tertiary/aromatic N) is 2. The summed E-state index contributed by atoms with van der Waals surface area (Å²) in [5.74, 6) is 0.226. The van der Waals surface area contributed by atoms with Crippen LogP contribution in [0.4, 0.5) is 5.69 Å². The third kappa shape index (κ3) is 3.69. The monoisotopic (exact) mass is 402 g/mol. The topological polar surface area (TPSA) is 40.6 Å². The smallest absolute Gasteiger partial charge is 0.267 e. The standard InChI is InChI=1S/C21H26N2O2S2/c1-4-7-10-14(5-2)13-23-20(25)18(27-21(23)26)17-15-11-8-9-12-16(15)22(6-3)19(17)24/h8-9,11-12,14H,4-7,10,13H2,1-3H3/b18-17+/t14-/m1/s1. The predicted molar refractivity (Wildman–Crippen MR) is 117 cm³/mol. The number of benzene rings is 1. The number of anilines is 1. The molecule has 0 saturated carbocycles. The lowest BCUT2D eigenvalue weighted by Crippen LogP contribution is -2.33. The number of rotatable bonds is 7. The second kappa shape index (κ2) is 8.57. The Morgan fingerprint density at radius 3 is 2.48 bits per heavy atom. The highest BCUT2D eigenvalue weighted by Gasteiger charge is 2.41. The number of carbonyl (C=O) groups excluding carboxylic acids is 2. The molecule has 6 heteroatoms. The van der Waals surface area contributed by atoms with E-state index in [1.54, 1.807) is 9.80 Å². The first-order chi connectivity index (χ1) is 13.0. The molecule has 144 valence electrons. The molecule has 27 heavy (non-hydrogen) atoms. The maximum Gasteiger partial charge on any atom is 0.267 e. The quantitative estimate of drug-likeness (QED) is 0.483. The van der Waals surface area contributed by atoms with Gasteiger partial charge in [0.25, 0.3) is 11.8 Å². The lowest BCUT2D eigenvalue weighted by molar-refractivity contribution is -0.123. The summed E-state index contributed by atoms with van der Waals surface area (Å²) >= 11 is 6.79. The number of thiocarbonyl (C=S) groups is 1. The molecule has 2 heterocycles. The first-order valence-corrected chi connectivity index (χ1v) is 10.9. The van der Waals surface area contributed by atoms with Gasteiger partial charge in [0.05, 0.1) is 16.2 Å². The molecule has 3 rings (SSSR count). The Labute approximate surface area is 171 Å². The van der Waals surface area contributed by atoms with Gasteiger partial charge in [-0.3, -0.25) is 14.5 Å². The molecule has 1 atom stereocenters. The second-order valence-corrected chi connectivity index (χ2v) is 8.62. The number of amides is 2. The van der Waals surface area contributed by atoms with Crippen LogP contribution < -0.4 is 4.90 Å². The van der Waals surface area contributed by atoms with Crippen molar-refractivity contribution in [2.75, 3.05) is 18.0 Å². The number of carbonyl (C=O) groups is 2. The van der Waals surface area contributed by atoms with Gasteiger partial charge in [-0.25, -0.2) is 0 Å². The van der Waals surface area contributed by atoms with Crippen molar-refractivity contribution >= 4 is 51.4 Å². The van der Waals surface area contributed by atoms with Crippen molar-refractivity contribution in [1.29, 1.82) is 0 Å². The molecular formula is C21H26N2O2S2. The highest BCUT2D eigenvalue weighted by atomic mass is 32.2. The summed E-state index contributed by atoms with van der Waals surface area (Å²) in [7, 11) is 0. The third-order valence-electron chi connectivity index (χ3n) is 5.30. The van der Waals surface area contributed by atoms with Crippen molar-refractivity contribution in [2.45, 2.75) is 46.5 Å². The van der Waals surface area contributed by atoms with E-state index in [0.717, 1.165) is 36.9 Å². The van der Waals surface area contributed by atoms with Crippen molar-refractivity contribution < 1.29 is 9.59 Å². The Balaban J connectivity index is 1.93. The van der Waals surface area contributed by atoms with E-state index in [9.17, 15) is 9.59 Å². The van der Waals surface area contributed by atoms with Crippen molar-refractivity contribution in [3.05, 3.63) is 34.7 Å². The van der Waals surface area contributed by atoms with Crippen LogP contribution in [-0.4, -0.2) is 34.1 Å². The summed E-state index contributed by atoms with van der Waals surface area (Å²) in [5.41, 5.74) is 2.22. The number of likely N-dealkylation sites (N-methyl/N-ethyl adjacent to an activating group) is 1. The summed E-state index contributed by atoms with van der Waals surface area (Å²) in [6.07, 6.45) is 4.43. The van der Waals surface area contributed by atoms with Gasteiger partial charge in [0, 0.05) is 18.7 Å². The molecule has 0 radical (unpaired) electrons. The fraction of sp³-hybridized carbons (Fsp3) is 0.476. The summed E-state index contributed by atoms with van der Waals surface area (Å²) in [5, 5.41) is 0. The zero-order chi connectivity index (χ0) is 19.6. The normalized spacial score (nSPS) is 20.6. The first-order valence-electron chi connectivity index (χ1n) is 9.72. The minimum absolute atomic E-state index is 0.0998. The largest absolute Gasteiger partial charge is 0.308 e. The molecule has 1 aromatic rings. The first kappa shape index (κ1) is 20.1. The van der Waals surface area contributed by atoms with Crippen LogP contribution in [0.25, 0.3) is 5.57 Å². The van der Waals surface area contributed by atoms with E-state index in [4.69, 9.17) is 12.2 Å². The van der Waals surface area contributed by atoms with Gasteiger partial charge < -0.3 is 4.90 Å². The molecule has 0 spiro atoms. The molecule has 0 unspecified atom stereocenters. The minimum Gasteiger partial charge on any atom is -0.308 e. The molecule has 2 aliphatic rings. The van der Waals surface area contributed by atoms with Crippen LogP contribution in [0, 0.1) is 5.92 Å². The van der Waals surface area contributed by atoms with Crippen LogP contribution in [0.3, 0.4) is 0 Å². The van der Waals surface area contributed by atoms with E-state index in [0.29, 0.717) is 33.8 Å². The van der Waals surface area contributed by atoms with Crippen LogP contribution in [0.2, 0.25) is 0 Å². The molecule has 0 aliphatic carbocycles. The lowest BCUT2D eigenvalue weighted by atomic mass is 9.98. The second-order valence-electron chi connectivity index (χ2n) is 6.97. The Morgan fingerprint density at radius 1 is 1.07 bits per heavy atom. The molecule has 0 bridgehead atoms. The van der Waals surface area contributed by atoms with Crippen molar-refractivity contribution in [2.24, 2.45) is 5.92 Å². The van der Waals surface area contributed by atoms with Gasteiger partial charge in [-0.2, -0.15) is 0 Å². The van der Waals surface area contributed by atoms with Gasteiger partial charge in [-0.05, 0) is 25.3 Å². The van der Waals surface area contributed by atoms with E-state index in [-0.39, 0.29) is 11.8 Å². The van der Waals surface area contributed by atoms with Gasteiger partial charge >= 0.3 is 0 Å². The minimum atomic E-state index is -0.115. The summed E-state index contributed by atoms with van der Waals surface area (Å²) < 4.78 is 0.567. The molecular weight excluding hydrogens is 376 g/mol. The van der Waals surface area contributed by atoms with Crippen molar-refractivity contribution in [3.63, 3.8) is 0 Å². The number of fused-ring (bicyclic) bond motifs is 1. The van der Waals surface area contributed by atoms with Gasteiger partial charge in [-0.15, -0.1) is 0 Å². The van der Waals surface area contributed by atoms with Crippen molar-refractivity contribution in [3.8, 4) is 0 Å². The van der Waals surface area contributed by atoms with E-state index in [2.05, 4.69) is 13.8 Å². The maximum atomic E-state index is 13.2. The van der Waals surface area contributed by atoms with Crippen LogP contribution >= 0.6 is 24.0 Å². The number of unbranched alkanes of at least 4 members (excludes halogenated alkanes) is 1. The zero-order valence-corrected chi connectivity index (χ0v) is 17.8. The van der Waals surface area contributed by atoms with E-state index in [1.807, 2.05) is 31.2 Å². The number of para-hydroxylation sites is 1. The Morgan fingerprint density at radius 2 is 1.81 bits per heavy atom. The number of thioether (sulfide) groups is 1. The summed E-state index contributed by atoms with van der Waals surface area (Å²) in [4.78, 5) is 30.1. The van der Waals surface area contributed by atoms with Gasteiger partial charge in [0.1, 0.15) is 4.32 Å². The van der Waals surface area contributed by atoms with Crippen LogP contribution in [0.1, 0.15) is 52.0 Å². The SMILES string of the molecule is CCCC[C@@H](CC)CN1C(=O)/C(=C2\C(=O)N(CC)c3ccccc32)SC1=S. The number of hydrogen-bond donors (Lipinski definition) is 0. The molecule has 4 nitrogen and oxygen atoms in total. The average molecular weight is 403 g/mol. The molecule has 0 aromatic heterocycles. The molecule has 1 fully saturated rings. The lowest BCUT2D eigenvalue weighted by Gasteiger charge is -2.21. The average Bonchev–Trinajstić information content (AvgIpc) is 3.11. The molecule has 2 amide bonds. The van der Waals surface area contributed by atoms with Crippen molar-refractivity contribution in [1.82, 2.24) is 4.90 Å². The summed E-state index contributed by atoms with van der Waals surface area (Å²) in [6.45, 7) is 7.51.